The number of benzene rings is 1. The Morgan fingerprint density at radius 3 is 2.58 bits per heavy atom. The summed E-state index contributed by atoms with van der Waals surface area (Å²) in [5.74, 6) is 0.733. The monoisotopic (exact) mass is 338 g/mol. The molecule has 0 bridgehead atoms. The van der Waals surface area contributed by atoms with Gasteiger partial charge in [0.05, 0.1) is 13.3 Å². The SMILES string of the molecule is CCN1CN=C(SCc2c(Cl)cccc2Cl)NC1.[Cl-]. The standard InChI is InChI=1S/C12H15Cl2N3S.ClH/c1-2-17-7-15-12(16-8-17)18-6-9-10(13)4-3-5-11(9)14;/h3-5H,2,6-8H2,1H3,(H,15,16);1H/p-1. The quantitative estimate of drug-likeness (QED) is 0.865. The zero-order chi connectivity index (χ0) is 13.0. The number of halogens is 3. The van der Waals surface area contributed by atoms with Crippen molar-refractivity contribution in [2.24, 2.45) is 4.99 Å². The first-order valence-electron chi connectivity index (χ1n) is 5.77. The molecular formula is C12H15Cl3N3S-. The highest BCUT2D eigenvalue weighted by Gasteiger charge is 2.12. The summed E-state index contributed by atoms with van der Waals surface area (Å²) in [5, 5.41) is 5.66. The molecule has 7 heteroatoms. The fourth-order valence-electron chi connectivity index (χ4n) is 1.57. The molecule has 0 aromatic heterocycles. The van der Waals surface area contributed by atoms with Gasteiger partial charge < -0.3 is 17.7 Å². The van der Waals surface area contributed by atoms with Gasteiger partial charge in [0.1, 0.15) is 0 Å². The van der Waals surface area contributed by atoms with Crippen LogP contribution in [0.3, 0.4) is 0 Å². The molecule has 1 aliphatic rings. The first-order chi connectivity index (χ1) is 8.70. The summed E-state index contributed by atoms with van der Waals surface area (Å²) >= 11 is 13.9. The molecule has 1 aromatic carbocycles. The number of aliphatic imine (C=N–C) groups is 1. The first-order valence-corrected chi connectivity index (χ1v) is 7.51. The Labute approximate surface area is 134 Å². The summed E-state index contributed by atoms with van der Waals surface area (Å²) in [7, 11) is 0. The molecule has 0 fully saturated rings. The van der Waals surface area contributed by atoms with Crippen molar-refractivity contribution in [3.8, 4) is 0 Å². The summed E-state index contributed by atoms with van der Waals surface area (Å²) in [5.41, 5.74) is 0.966. The lowest BCUT2D eigenvalue weighted by Crippen LogP contribution is -3.00. The van der Waals surface area contributed by atoms with E-state index in [1.165, 1.54) is 0 Å². The second-order valence-corrected chi connectivity index (χ2v) is 5.69. The predicted octanol–water partition coefficient (Wildman–Crippen LogP) is 0.427. The molecular weight excluding hydrogens is 325 g/mol. The van der Waals surface area contributed by atoms with Crippen molar-refractivity contribution in [1.82, 2.24) is 10.2 Å². The normalized spacial score (nSPS) is 15.4. The fourth-order valence-corrected chi connectivity index (χ4v) is 3.17. The minimum absolute atomic E-state index is 0. The summed E-state index contributed by atoms with van der Waals surface area (Å²) in [6.45, 7) is 4.73. The molecule has 1 aliphatic heterocycles. The van der Waals surface area contributed by atoms with Crippen molar-refractivity contribution in [3.05, 3.63) is 33.8 Å². The van der Waals surface area contributed by atoms with Gasteiger partial charge in [-0.1, -0.05) is 48.0 Å². The number of amidine groups is 1. The Hall–Kier alpha value is -0.130. The van der Waals surface area contributed by atoms with Crippen LogP contribution < -0.4 is 17.7 Å². The molecule has 0 radical (unpaired) electrons. The van der Waals surface area contributed by atoms with Crippen LogP contribution in [-0.4, -0.2) is 29.9 Å². The van der Waals surface area contributed by atoms with Crippen LogP contribution in [-0.2, 0) is 5.75 Å². The zero-order valence-corrected chi connectivity index (χ0v) is 13.6. The van der Waals surface area contributed by atoms with Crippen LogP contribution in [0.5, 0.6) is 0 Å². The van der Waals surface area contributed by atoms with E-state index >= 15 is 0 Å². The second kappa shape index (κ2) is 8.22. The van der Waals surface area contributed by atoms with E-state index in [0.29, 0.717) is 10.0 Å². The predicted molar refractivity (Wildman–Crippen MR) is 80.4 cm³/mol. The van der Waals surface area contributed by atoms with Crippen molar-refractivity contribution in [2.45, 2.75) is 12.7 Å². The average molecular weight is 340 g/mol. The molecule has 1 N–H and O–H groups in total. The molecule has 1 heterocycles. The molecule has 0 unspecified atom stereocenters. The summed E-state index contributed by atoms with van der Waals surface area (Å²) in [6.07, 6.45) is 0. The summed E-state index contributed by atoms with van der Waals surface area (Å²) in [4.78, 5) is 6.68. The highest BCUT2D eigenvalue weighted by atomic mass is 35.5. The van der Waals surface area contributed by atoms with Gasteiger partial charge in [-0.2, -0.15) is 0 Å². The Kier molecular flexibility index (Phi) is 7.32. The summed E-state index contributed by atoms with van der Waals surface area (Å²) < 4.78 is 0. The molecule has 0 spiro atoms. The van der Waals surface area contributed by atoms with E-state index in [1.807, 2.05) is 18.2 Å². The highest BCUT2D eigenvalue weighted by molar-refractivity contribution is 8.13. The fraction of sp³-hybridized carbons (Fsp3) is 0.417. The van der Waals surface area contributed by atoms with Gasteiger partial charge in [-0.3, -0.25) is 4.90 Å². The Morgan fingerprint density at radius 2 is 2.05 bits per heavy atom. The Bertz CT molecular complexity index is 434. The van der Waals surface area contributed by atoms with E-state index in [9.17, 15) is 0 Å². The Morgan fingerprint density at radius 1 is 1.37 bits per heavy atom. The van der Waals surface area contributed by atoms with Crippen LogP contribution >= 0.6 is 35.0 Å². The van der Waals surface area contributed by atoms with E-state index in [1.54, 1.807) is 11.8 Å². The number of hydrogen-bond donors (Lipinski definition) is 1. The van der Waals surface area contributed by atoms with Crippen LogP contribution in [0.15, 0.2) is 23.2 Å². The smallest absolute Gasteiger partial charge is 0.159 e. The number of rotatable bonds is 3. The number of nitrogens with one attached hydrogen (secondary N) is 1. The highest BCUT2D eigenvalue weighted by Crippen LogP contribution is 2.28. The van der Waals surface area contributed by atoms with Gasteiger partial charge in [-0.25, -0.2) is 4.99 Å². The Balaban J connectivity index is 0.00000180. The lowest BCUT2D eigenvalue weighted by Gasteiger charge is -2.25. The van der Waals surface area contributed by atoms with Gasteiger partial charge in [0.25, 0.3) is 0 Å². The van der Waals surface area contributed by atoms with Crippen molar-refractivity contribution >= 4 is 40.1 Å². The topological polar surface area (TPSA) is 27.6 Å². The van der Waals surface area contributed by atoms with Gasteiger partial charge in [0.2, 0.25) is 0 Å². The summed E-state index contributed by atoms with van der Waals surface area (Å²) in [6, 6.07) is 5.57. The second-order valence-electron chi connectivity index (χ2n) is 3.92. The average Bonchev–Trinajstić information content (AvgIpc) is 2.39. The van der Waals surface area contributed by atoms with Gasteiger partial charge in [0, 0.05) is 15.8 Å². The van der Waals surface area contributed by atoms with Gasteiger partial charge in [0.15, 0.2) is 5.17 Å². The molecule has 106 valence electrons. The number of hydrogen-bond acceptors (Lipinski definition) is 4. The number of nitrogens with zero attached hydrogens (tertiary/aromatic N) is 2. The molecule has 0 atom stereocenters. The van der Waals surface area contributed by atoms with Crippen LogP contribution in [0.2, 0.25) is 10.0 Å². The maximum absolute atomic E-state index is 6.13. The largest absolute Gasteiger partial charge is 1.00 e. The van der Waals surface area contributed by atoms with Gasteiger partial charge in [-0.15, -0.1) is 0 Å². The third-order valence-corrected chi connectivity index (χ3v) is 4.42. The van der Waals surface area contributed by atoms with Crippen LogP contribution in [0.25, 0.3) is 0 Å². The third kappa shape index (κ3) is 4.72. The van der Waals surface area contributed by atoms with Gasteiger partial charge >= 0.3 is 0 Å². The van der Waals surface area contributed by atoms with E-state index in [-0.39, 0.29) is 12.4 Å². The van der Waals surface area contributed by atoms with Crippen LogP contribution in [0.1, 0.15) is 12.5 Å². The van der Waals surface area contributed by atoms with Crippen molar-refractivity contribution in [2.75, 3.05) is 19.9 Å². The van der Waals surface area contributed by atoms with Crippen LogP contribution in [0.4, 0.5) is 0 Å². The molecule has 1 aromatic rings. The van der Waals surface area contributed by atoms with Crippen molar-refractivity contribution in [1.29, 1.82) is 0 Å². The minimum atomic E-state index is 0. The van der Waals surface area contributed by atoms with E-state index in [4.69, 9.17) is 23.2 Å². The molecule has 0 saturated heterocycles. The van der Waals surface area contributed by atoms with Crippen LogP contribution in [0, 0.1) is 0 Å². The van der Waals surface area contributed by atoms with E-state index in [0.717, 1.165) is 36.4 Å². The maximum Gasteiger partial charge on any atom is 0.159 e. The van der Waals surface area contributed by atoms with E-state index in [2.05, 4.69) is 22.1 Å². The zero-order valence-electron chi connectivity index (χ0n) is 10.5. The van der Waals surface area contributed by atoms with Crippen molar-refractivity contribution in [3.63, 3.8) is 0 Å². The molecule has 0 saturated carbocycles. The first kappa shape index (κ1) is 16.9. The minimum Gasteiger partial charge on any atom is -1.00 e. The van der Waals surface area contributed by atoms with E-state index < -0.39 is 0 Å². The molecule has 0 aliphatic carbocycles. The third-order valence-electron chi connectivity index (χ3n) is 2.73. The van der Waals surface area contributed by atoms with Crippen molar-refractivity contribution < 1.29 is 12.4 Å². The molecule has 3 nitrogen and oxygen atoms in total. The molecule has 19 heavy (non-hydrogen) atoms. The number of thioether (sulfide) groups is 1. The lowest BCUT2D eigenvalue weighted by atomic mass is 10.2. The van der Waals surface area contributed by atoms with Gasteiger partial charge in [-0.05, 0) is 24.2 Å². The molecule has 2 rings (SSSR count). The maximum atomic E-state index is 6.13. The lowest BCUT2D eigenvalue weighted by molar-refractivity contribution is -0.00000358. The molecule has 0 amide bonds.